The summed E-state index contributed by atoms with van der Waals surface area (Å²) >= 11 is 0. The van der Waals surface area contributed by atoms with Crippen LogP contribution >= 0.6 is 0 Å². The second-order valence-electron chi connectivity index (χ2n) is 7.77. The third-order valence-corrected chi connectivity index (χ3v) is 5.96. The number of piperidine rings is 1. The maximum Gasteiger partial charge on any atom is 0.248 e. The Balaban J connectivity index is 1.48. The molecule has 1 aromatic heterocycles. The summed E-state index contributed by atoms with van der Waals surface area (Å²) in [5, 5.41) is 0. The number of carbonyl (C=O) groups is 1. The average molecular weight is 359 g/mol. The van der Waals surface area contributed by atoms with Gasteiger partial charge >= 0.3 is 0 Å². The highest BCUT2D eigenvalue weighted by Gasteiger charge is 2.41. The van der Waals surface area contributed by atoms with E-state index in [1.54, 1.807) is 0 Å². The smallest absolute Gasteiger partial charge is 0.248 e. The molecule has 0 unspecified atom stereocenters. The van der Waals surface area contributed by atoms with E-state index in [1.165, 1.54) is 12.8 Å². The van der Waals surface area contributed by atoms with E-state index in [4.69, 9.17) is 14.7 Å². The molecule has 1 amide bonds. The van der Waals surface area contributed by atoms with Crippen molar-refractivity contribution in [2.24, 2.45) is 0 Å². The van der Waals surface area contributed by atoms with Gasteiger partial charge in [-0.05, 0) is 32.1 Å². The fraction of sp³-hybridized carbons (Fsp3) is 0.737. The molecule has 7 heteroatoms. The number of hydrogen-bond acceptors (Lipinski definition) is 6. The van der Waals surface area contributed by atoms with Crippen LogP contribution in [0, 0.1) is 0 Å². The maximum atomic E-state index is 11.7. The first-order valence-corrected chi connectivity index (χ1v) is 9.84. The first-order valence-electron chi connectivity index (χ1n) is 9.84. The molecule has 7 nitrogen and oxygen atoms in total. The van der Waals surface area contributed by atoms with Crippen LogP contribution in [0.4, 0.5) is 11.8 Å². The van der Waals surface area contributed by atoms with Gasteiger partial charge in [-0.1, -0.05) is 6.92 Å². The van der Waals surface area contributed by atoms with E-state index in [-0.39, 0.29) is 18.1 Å². The molecule has 4 rings (SSSR count). The highest BCUT2D eigenvalue weighted by Crippen LogP contribution is 2.32. The Morgan fingerprint density at radius 1 is 1.12 bits per heavy atom. The van der Waals surface area contributed by atoms with Crippen LogP contribution in [-0.2, 0) is 16.0 Å². The Morgan fingerprint density at radius 3 is 2.50 bits per heavy atom. The first-order chi connectivity index (χ1) is 12.6. The molecule has 0 radical (unpaired) electrons. The number of morpholine rings is 1. The van der Waals surface area contributed by atoms with E-state index in [2.05, 4.69) is 22.8 Å². The van der Waals surface area contributed by atoms with Crippen molar-refractivity contribution in [3.05, 3.63) is 11.8 Å². The van der Waals surface area contributed by atoms with E-state index in [1.807, 2.05) is 11.9 Å². The van der Waals surface area contributed by atoms with Crippen molar-refractivity contribution in [1.82, 2.24) is 14.9 Å². The number of carbonyl (C=O) groups excluding carboxylic acids is 1. The fourth-order valence-corrected chi connectivity index (χ4v) is 4.21. The number of likely N-dealkylation sites (N-methyl/N-ethyl adjacent to an activating group) is 1. The highest BCUT2D eigenvalue weighted by atomic mass is 16.5. The summed E-state index contributed by atoms with van der Waals surface area (Å²) in [5.41, 5.74) is 0.925. The predicted molar refractivity (Wildman–Crippen MR) is 101 cm³/mol. The maximum absolute atomic E-state index is 11.7. The summed E-state index contributed by atoms with van der Waals surface area (Å²) in [5.74, 6) is 2.00. The van der Waals surface area contributed by atoms with E-state index in [9.17, 15) is 4.79 Å². The Morgan fingerprint density at radius 2 is 1.85 bits per heavy atom. The van der Waals surface area contributed by atoms with Crippen molar-refractivity contribution in [3.8, 4) is 0 Å². The Labute approximate surface area is 155 Å². The van der Waals surface area contributed by atoms with Gasteiger partial charge in [0.15, 0.2) is 0 Å². The van der Waals surface area contributed by atoms with Crippen LogP contribution in [0.1, 0.15) is 38.3 Å². The zero-order chi connectivity index (χ0) is 18.1. The second-order valence-corrected chi connectivity index (χ2v) is 7.77. The number of anilines is 2. The molecule has 1 spiro atoms. The van der Waals surface area contributed by atoms with Crippen molar-refractivity contribution >= 4 is 17.7 Å². The Hall–Kier alpha value is -1.89. The molecule has 3 aliphatic rings. The quantitative estimate of drug-likeness (QED) is 0.814. The van der Waals surface area contributed by atoms with Crippen molar-refractivity contribution in [2.45, 2.75) is 44.6 Å². The van der Waals surface area contributed by atoms with E-state index >= 15 is 0 Å². The van der Waals surface area contributed by atoms with Gasteiger partial charge in [-0.15, -0.1) is 0 Å². The van der Waals surface area contributed by atoms with Crippen LogP contribution in [0.3, 0.4) is 0 Å². The van der Waals surface area contributed by atoms with E-state index in [0.29, 0.717) is 6.54 Å². The van der Waals surface area contributed by atoms with Gasteiger partial charge < -0.3 is 19.4 Å². The molecule has 0 N–H and O–H groups in total. The molecule has 0 saturated carbocycles. The SMILES string of the molecule is CCc1cc(N2CCC3(CC2)CN(C)C(=O)CO3)nc(N2CCCC2)n1. The van der Waals surface area contributed by atoms with Gasteiger partial charge in [-0.2, -0.15) is 4.98 Å². The van der Waals surface area contributed by atoms with Gasteiger partial charge in [-0.25, -0.2) is 4.98 Å². The molecule has 0 aromatic carbocycles. The van der Waals surface area contributed by atoms with Crippen LogP contribution in [-0.4, -0.2) is 72.8 Å². The van der Waals surface area contributed by atoms with E-state index in [0.717, 1.165) is 62.9 Å². The second kappa shape index (κ2) is 7.02. The highest BCUT2D eigenvalue weighted by molar-refractivity contribution is 5.78. The summed E-state index contributed by atoms with van der Waals surface area (Å²) in [7, 11) is 1.87. The third-order valence-electron chi connectivity index (χ3n) is 5.96. The standard InChI is InChI=1S/C19H29N5O2/c1-3-15-12-16(21-18(20-15)24-8-4-5-9-24)23-10-6-19(7-11-23)14-22(2)17(25)13-26-19/h12H,3-11,13-14H2,1-2H3. The normalized spacial score (nSPS) is 23.2. The minimum absolute atomic E-state index is 0.0803. The lowest BCUT2D eigenvalue weighted by atomic mass is 9.89. The minimum atomic E-state index is -0.183. The summed E-state index contributed by atoms with van der Waals surface area (Å²) in [6, 6.07) is 2.13. The number of ether oxygens (including phenoxy) is 1. The number of amides is 1. The van der Waals surface area contributed by atoms with Crippen molar-refractivity contribution in [3.63, 3.8) is 0 Å². The largest absolute Gasteiger partial charge is 0.363 e. The summed E-state index contributed by atoms with van der Waals surface area (Å²) in [6.07, 6.45) is 5.23. The molecule has 142 valence electrons. The number of aromatic nitrogens is 2. The number of aryl methyl sites for hydroxylation is 1. The van der Waals surface area contributed by atoms with Crippen LogP contribution in [0.15, 0.2) is 6.07 Å². The monoisotopic (exact) mass is 359 g/mol. The van der Waals surface area contributed by atoms with Gasteiger partial charge in [0, 0.05) is 51.5 Å². The molecule has 0 atom stereocenters. The molecule has 0 aliphatic carbocycles. The molecule has 26 heavy (non-hydrogen) atoms. The lowest BCUT2D eigenvalue weighted by molar-refractivity contribution is -0.164. The third kappa shape index (κ3) is 3.37. The van der Waals surface area contributed by atoms with Gasteiger partial charge in [0.1, 0.15) is 12.4 Å². The molecule has 1 aromatic rings. The van der Waals surface area contributed by atoms with Gasteiger partial charge in [0.2, 0.25) is 11.9 Å². The fourth-order valence-electron chi connectivity index (χ4n) is 4.21. The van der Waals surface area contributed by atoms with Gasteiger partial charge in [-0.3, -0.25) is 4.79 Å². The van der Waals surface area contributed by atoms with Crippen molar-refractivity contribution in [1.29, 1.82) is 0 Å². The molecular formula is C19H29N5O2. The van der Waals surface area contributed by atoms with Crippen LogP contribution < -0.4 is 9.80 Å². The van der Waals surface area contributed by atoms with Crippen molar-refractivity contribution < 1.29 is 9.53 Å². The first kappa shape index (κ1) is 17.5. The van der Waals surface area contributed by atoms with Gasteiger partial charge in [0.25, 0.3) is 0 Å². The molecule has 0 bridgehead atoms. The Kier molecular flexibility index (Phi) is 4.73. The van der Waals surface area contributed by atoms with Crippen LogP contribution in [0.2, 0.25) is 0 Å². The number of rotatable bonds is 3. The topological polar surface area (TPSA) is 61.8 Å². The average Bonchev–Trinajstić information content (AvgIpc) is 3.20. The molecule has 3 aliphatic heterocycles. The van der Waals surface area contributed by atoms with Gasteiger partial charge in [0.05, 0.1) is 5.60 Å². The summed E-state index contributed by atoms with van der Waals surface area (Å²) in [6.45, 7) is 6.98. The van der Waals surface area contributed by atoms with Crippen molar-refractivity contribution in [2.75, 3.05) is 56.2 Å². The summed E-state index contributed by atoms with van der Waals surface area (Å²) < 4.78 is 5.96. The van der Waals surface area contributed by atoms with E-state index < -0.39 is 0 Å². The molecular weight excluding hydrogens is 330 g/mol. The molecule has 4 heterocycles. The summed E-state index contributed by atoms with van der Waals surface area (Å²) in [4.78, 5) is 27.8. The lowest BCUT2D eigenvalue weighted by Gasteiger charge is -2.46. The number of nitrogens with zero attached hydrogens (tertiary/aromatic N) is 5. The van der Waals surface area contributed by atoms with Crippen LogP contribution in [0.25, 0.3) is 0 Å². The number of hydrogen-bond donors (Lipinski definition) is 0. The molecule has 3 fully saturated rings. The predicted octanol–water partition coefficient (Wildman–Crippen LogP) is 1.47. The minimum Gasteiger partial charge on any atom is -0.363 e. The van der Waals surface area contributed by atoms with Crippen LogP contribution in [0.5, 0.6) is 0 Å². The lowest BCUT2D eigenvalue weighted by Crippen LogP contribution is -2.57. The molecule has 3 saturated heterocycles. The zero-order valence-electron chi connectivity index (χ0n) is 15.9. The Bertz CT molecular complexity index is 666. The zero-order valence-corrected chi connectivity index (χ0v) is 15.9.